The summed E-state index contributed by atoms with van der Waals surface area (Å²) in [5.41, 5.74) is 2.01. The molecule has 1 atom stereocenters. The maximum atomic E-state index is 12.4. The molecule has 0 bridgehead atoms. The zero-order valence-electron chi connectivity index (χ0n) is 13.9. The van der Waals surface area contributed by atoms with Gasteiger partial charge in [-0.1, -0.05) is 30.7 Å². The normalized spacial score (nSPS) is 11.7. The number of carbonyl (C=O) groups is 2. The molecule has 2 aromatic carbocycles. The Kier molecular flexibility index (Phi) is 5.99. The number of ether oxygens (including phenoxy) is 1. The minimum atomic E-state index is -0.633. The molecule has 4 nitrogen and oxygen atoms in total. The van der Waals surface area contributed by atoms with E-state index in [0.29, 0.717) is 28.4 Å². The predicted octanol–water partition coefficient (Wildman–Crippen LogP) is 4.65. The highest BCUT2D eigenvalue weighted by Gasteiger charge is 2.19. The summed E-state index contributed by atoms with van der Waals surface area (Å²) < 4.78 is 5.77. The van der Waals surface area contributed by atoms with Crippen molar-refractivity contribution in [2.45, 2.75) is 33.3 Å². The molecule has 0 radical (unpaired) electrons. The minimum absolute atomic E-state index is 0.0500. The molecular weight excluding hydrogens is 326 g/mol. The number of Topliss-reactive ketones (excluding diaryl/α,β-unsaturated/α-hetero) is 1. The van der Waals surface area contributed by atoms with Crippen molar-refractivity contribution in [1.82, 2.24) is 0 Å². The second-order valence-corrected chi connectivity index (χ2v) is 5.96. The first-order valence-electron chi connectivity index (χ1n) is 7.75. The van der Waals surface area contributed by atoms with Crippen molar-refractivity contribution < 1.29 is 14.3 Å². The minimum Gasteiger partial charge on any atom is -0.481 e. The number of amides is 1. The van der Waals surface area contributed by atoms with Crippen LogP contribution in [0.2, 0.25) is 5.02 Å². The molecule has 1 amide bonds. The van der Waals surface area contributed by atoms with Gasteiger partial charge in [-0.3, -0.25) is 9.59 Å². The van der Waals surface area contributed by atoms with Crippen molar-refractivity contribution in [3.05, 3.63) is 58.6 Å². The van der Waals surface area contributed by atoms with E-state index in [1.54, 1.807) is 42.5 Å². The van der Waals surface area contributed by atoms with E-state index in [4.69, 9.17) is 16.3 Å². The molecule has 0 fully saturated rings. The van der Waals surface area contributed by atoms with Crippen molar-refractivity contribution in [2.24, 2.45) is 0 Å². The third-order valence-corrected chi connectivity index (χ3v) is 4.03. The first kappa shape index (κ1) is 18.0. The summed E-state index contributed by atoms with van der Waals surface area (Å²) in [5, 5.41) is 3.45. The molecule has 0 heterocycles. The molecule has 2 rings (SSSR count). The molecule has 0 aliphatic heterocycles. The number of benzene rings is 2. The lowest BCUT2D eigenvalue weighted by Gasteiger charge is -2.18. The fraction of sp³-hybridized carbons (Fsp3) is 0.263. The zero-order valence-corrected chi connectivity index (χ0v) is 14.7. The van der Waals surface area contributed by atoms with Gasteiger partial charge in [-0.25, -0.2) is 0 Å². The van der Waals surface area contributed by atoms with Crippen LogP contribution in [0, 0.1) is 6.92 Å². The van der Waals surface area contributed by atoms with E-state index in [1.165, 1.54) is 6.92 Å². The van der Waals surface area contributed by atoms with Gasteiger partial charge in [-0.15, -0.1) is 0 Å². The number of ketones is 1. The van der Waals surface area contributed by atoms with Gasteiger partial charge in [-0.05, 0) is 56.2 Å². The van der Waals surface area contributed by atoms with Gasteiger partial charge in [0.25, 0.3) is 5.91 Å². The first-order chi connectivity index (χ1) is 11.4. The van der Waals surface area contributed by atoms with Gasteiger partial charge in [0.1, 0.15) is 5.75 Å². The van der Waals surface area contributed by atoms with Crippen LogP contribution in [0.25, 0.3) is 0 Å². The Morgan fingerprint density at radius 1 is 1.21 bits per heavy atom. The Morgan fingerprint density at radius 2 is 1.96 bits per heavy atom. The van der Waals surface area contributed by atoms with Gasteiger partial charge in [-0.2, -0.15) is 0 Å². The zero-order chi connectivity index (χ0) is 17.7. The summed E-state index contributed by atoms with van der Waals surface area (Å²) in [7, 11) is 0. The van der Waals surface area contributed by atoms with Crippen LogP contribution in [0.4, 0.5) is 5.69 Å². The van der Waals surface area contributed by atoms with Gasteiger partial charge < -0.3 is 10.1 Å². The van der Waals surface area contributed by atoms with E-state index in [0.717, 1.165) is 5.56 Å². The highest BCUT2D eigenvalue weighted by Crippen LogP contribution is 2.23. The molecule has 5 heteroatoms. The lowest BCUT2D eigenvalue weighted by atomic mass is 10.1. The Hall–Kier alpha value is -2.33. The lowest BCUT2D eigenvalue weighted by molar-refractivity contribution is -0.122. The van der Waals surface area contributed by atoms with E-state index in [2.05, 4.69) is 5.32 Å². The molecule has 2 aromatic rings. The molecule has 1 N–H and O–H groups in total. The average Bonchev–Trinajstić information content (AvgIpc) is 2.55. The number of carbonyl (C=O) groups excluding carboxylic acids is 2. The highest BCUT2D eigenvalue weighted by molar-refractivity contribution is 6.31. The van der Waals surface area contributed by atoms with Gasteiger partial charge >= 0.3 is 0 Å². The van der Waals surface area contributed by atoms with Crippen LogP contribution >= 0.6 is 11.6 Å². The largest absolute Gasteiger partial charge is 0.481 e. The number of aryl methyl sites for hydroxylation is 1. The number of halogens is 1. The Balaban J connectivity index is 2.09. The molecule has 0 saturated heterocycles. The average molecular weight is 346 g/mol. The first-order valence-corrected chi connectivity index (χ1v) is 8.13. The van der Waals surface area contributed by atoms with E-state index in [1.807, 2.05) is 13.8 Å². The number of rotatable bonds is 6. The summed E-state index contributed by atoms with van der Waals surface area (Å²) in [5.74, 6) is 0.285. The molecule has 0 aliphatic carbocycles. The van der Waals surface area contributed by atoms with Crippen molar-refractivity contribution in [1.29, 1.82) is 0 Å². The van der Waals surface area contributed by atoms with Gasteiger partial charge in [0.2, 0.25) is 0 Å². The van der Waals surface area contributed by atoms with Gasteiger partial charge in [0, 0.05) is 16.3 Å². The highest BCUT2D eigenvalue weighted by atomic mass is 35.5. The van der Waals surface area contributed by atoms with Crippen LogP contribution in [0.5, 0.6) is 5.75 Å². The van der Waals surface area contributed by atoms with E-state index >= 15 is 0 Å². The van der Waals surface area contributed by atoms with Crippen molar-refractivity contribution >= 4 is 29.0 Å². The van der Waals surface area contributed by atoms with E-state index in [9.17, 15) is 9.59 Å². The monoisotopic (exact) mass is 345 g/mol. The Bertz CT molecular complexity index is 758. The van der Waals surface area contributed by atoms with E-state index in [-0.39, 0.29) is 11.7 Å². The standard InChI is InChI=1S/C19H20ClNO3/c1-4-18(24-16-8-9-17(20)12(2)10-16)19(23)21-15-7-5-6-14(11-15)13(3)22/h5-11,18H,4H2,1-3H3,(H,21,23)/t18-/m1/s1. The van der Waals surface area contributed by atoms with Crippen LogP contribution in [0.1, 0.15) is 36.2 Å². The lowest BCUT2D eigenvalue weighted by Crippen LogP contribution is -2.32. The van der Waals surface area contributed by atoms with Crippen LogP contribution in [-0.4, -0.2) is 17.8 Å². The van der Waals surface area contributed by atoms with Crippen LogP contribution < -0.4 is 10.1 Å². The molecule has 0 aromatic heterocycles. The number of hydrogen-bond donors (Lipinski definition) is 1. The van der Waals surface area contributed by atoms with Crippen LogP contribution in [-0.2, 0) is 4.79 Å². The molecule has 0 spiro atoms. The van der Waals surface area contributed by atoms with Crippen molar-refractivity contribution in [2.75, 3.05) is 5.32 Å². The Morgan fingerprint density at radius 3 is 2.58 bits per heavy atom. The molecular formula is C19H20ClNO3. The number of nitrogens with one attached hydrogen (secondary N) is 1. The molecule has 126 valence electrons. The quantitative estimate of drug-likeness (QED) is 0.775. The Labute approximate surface area is 146 Å². The summed E-state index contributed by atoms with van der Waals surface area (Å²) >= 11 is 6.00. The van der Waals surface area contributed by atoms with Crippen molar-refractivity contribution in [3.8, 4) is 5.75 Å². The van der Waals surface area contributed by atoms with Crippen LogP contribution in [0.15, 0.2) is 42.5 Å². The number of anilines is 1. The topological polar surface area (TPSA) is 55.4 Å². The number of hydrogen-bond acceptors (Lipinski definition) is 3. The molecule has 24 heavy (non-hydrogen) atoms. The molecule has 0 saturated carbocycles. The summed E-state index contributed by atoms with van der Waals surface area (Å²) in [6, 6.07) is 12.1. The maximum Gasteiger partial charge on any atom is 0.265 e. The summed E-state index contributed by atoms with van der Waals surface area (Å²) in [6.45, 7) is 5.24. The molecule has 0 unspecified atom stereocenters. The van der Waals surface area contributed by atoms with E-state index < -0.39 is 6.10 Å². The second-order valence-electron chi connectivity index (χ2n) is 5.55. The van der Waals surface area contributed by atoms with Gasteiger partial charge in [0.05, 0.1) is 0 Å². The molecule has 0 aliphatic rings. The predicted molar refractivity (Wildman–Crippen MR) is 96.0 cm³/mol. The maximum absolute atomic E-state index is 12.4. The fourth-order valence-corrected chi connectivity index (χ4v) is 2.33. The third kappa shape index (κ3) is 4.59. The summed E-state index contributed by atoms with van der Waals surface area (Å²) in [4.78, 5) is 23.9. The third-order valence-electron chi connectivity index (χ3n) is 3.61. The van der Waals surface area contributed by atoms with Crippen molar-refractivity contribution in [3.63, 3.8) is 0 Å². The summed E-state index contributed by atoms with van der Waals surface area (Å²) in [6.07, 6.45) is -0.119. The smallest absolute Gasteiger partial charge is 0.265 e. The van der Waals surface area contributed by atoms with Crippen LogP contribution in [0.3, 0.4) is 0 Å². The van der Waals surface area contributed by atoms with Gasteiger partial charge in [0.15, 0.2) is 11.9 Å². The fourth-order valence-electron chi connectivity index (χ4n) is 2.22. The SMILES string of the molecule is CC[C@@H](Oc1ccc(Cl)c(C)c1)C(=O)Nc1cccc(C(C)=O)c1. The second kappa shape index (κ2) is 7.97.